The van der Waals surface area contributed by atoms with Gasteiger partial charge in [-0.25, -0.2) is 9.97 Å². The van der Waals surface area contributed by atoms with Crippen LogP contribution in [0.25, 0.3) is 72.5 Å². The van der Waals surface area contributed by atoms with Gasteiger partial charge in [0.2, 0.25) is 0 Å². The lowest BCUT2D eigenvalue weighted by Gasteiger charge is -2.09. The predicted molar refractivity (Wildman–Crippen MR) is 165 cm³/mol. The van der Waals surface area contributed by atoms with Gasteiger partial charge in [-0.15, -0.1) is 0 Å². The average molecular weight is 526 g/mol. The van der Waals surface area contributed by atoms with Gasteiger partial charge in [0.15, 0.2) is 0 Å². The number of hydrogen-bond donors (Lipinski definition) is 0. The normalized spacial score (nSPS) is 11.4. The highest BCUT2D eigenvalue weighted by molar-refractivity contribution is 5.94. The molecular formula is C36H23N5. The molecule has 3 aromatic carbocycles. The topological polar surface area (TPSA) is 56.0 Å². The fourth-order valence-electron chi connectivity index (χ4n) is 5.48. The summed E-state index contributed by atoms with van der Waals surface area (Å²) in [5.41, 5.74) is 9.76. The number of imidazole rings is 1. The maximum Gasteiger partial charge on any atom is 0.138 e. The zero-order valence-electron chi connectivity index (χ0n) is 22.0. The van der Waals surface area contributed by atoms with Crippen LogP contribution in [0.15, 0.2) is 140 Å². The van der Waals surface area contributed by atoms with E-state index >= 15 is 0 Å². The molecule has 5 aromatic heterocycles. The summed E-state index contributed by atoms with van der Waals surface area (Å²) in [5.74, 6) is 0. The van der Waals surface area contributed by atoms with Gasteiger partial charge in [-0.3, -0.25) is 14.4 Å². The van der Waals surface area contributed by atoms with E-state index in [1.165, 1.54) is 10.8 Å². The molecule has 5 heterocycles. The van der Waals surface area contributed by atoms with E-state index < -0.39 is 0 Å². The number of benzene rings is 3. The van der Waals surface area contributed by atoms with Gasteiger partial charge in [0.05, 0.1) is 28.3 Å². The van der Waals surface area contributed by atoms with Gasteiger partial charge in [-0.2, -0.15) is 0 Å². The third-order valence-corrected chi connectivity index (χ3v) is 7.50. The summed E-state index contributed by atoms with van der Waals surface area (Å²) in [5, 5.41) is 3.45. The van der Waals surface area contributed by atoms with Crippen molar-refractivity contribution in [2.45, 2.75) is 0 Å². The summed E-state index contributed by atoms with van der Waals surface area (Å²) in [6, 6.07) is 41.7. The molecular weight excluding hydrogens is 502 g/mol. The van der Waals surface area contributed by atoms with Crippen molar-refractivity contribution in [3.63, 3.8) is 0 Å². The fourth-order valence-corrected chi connectivity index (χ4v) is 5.48. The Balaban J connectivity index is 1.21. The Kier molecular flexibility index (Phi) is 5.38. The minimum atomic E-state index is 0.859. The molecule has 0 aliphatic carbocycles. The lowest BCUT2D eigenvalue weighted by molar-refractivity contribution is 1.19. The molecule has 5 nitrogen and oxygen atoms in total. The molecule has 8 rings (SSSR count). The molecule has 192 valence electrons. The van der Waals surface area contributed by atoms with E-state index in [0.29, 0.717) is 0 Å². The first-order valence-corrected chi connectivity index (χ1v) is 13.6. The van der Waals surface area contributed by atoms with Crippen molar-refractivity contribution in [3.05, 3.63) is 140 Å². The molecule has 0 unspecified atom stereocenters. The van der Waals surface area contributed by atoms with Gasteiger partial charge in [0, 0.05) is 29.5 Å². The van der Waals surface area contributed by atoms with E-state index in [1.54, 1.807) is 6.20 Å². The molecule has 0 fully saturated rings. The Bertz CT molecular complexity index is 2200. The maximum atomic E-state index is 4.93. The van der Waals surface area contributed by atoms with Crippen molar-refractivity contribution in [3.8, 4) is 45.2 Å². The highest BCUT2D eigenvalue weighted by Gasteiger charge is 2.17. The van der Waals surface area contributed by atoms with E-state index in [4.69, 9.17) is 9.97 Å². The monoisotopic (exact) mass is 525 g/mol. The number of pyridine rings is 4. The molecule has 0 spiro atoms. The number of rotatable bonds is 4. The van der Waals surface area contributed by atoms with Crippen LogP contribution in [-0.2, 0) is 0 Å². The van der Waals surface area contributed by atoms with Crippen molar-refractivity contribution in [1.29, 1.82) is 0 Å². The Labute approximate surface area is 236 Å². The van der Waals surface area contributed by atoms with E-state index in [1.807, 2.05) is 66.9 Å². The largest absolute Gasteiger partial charge is 0.299 e. The molecule has 0 atom stereocenters. The van der Waals surface area contributed by atoms with E-state index in [0.717, 1.165) is 61.7 Å². The Morgan fingerprint density at radius 2 is 1.12 bits per heavy atom. The number of aromatic nitrogens is 5. The highest BCUT2D eigenvalue weighted by atomic mass is 15.0. The summed E-state index contributed by atoms with van der Waals surface area (Å²) < 4.78 is 2.14. The van der Waals surface area contributed by atoms with E-state index in [-0.39, 0.29) is 0 Å². The van der Waals surface area contributed by atoms with Gasteiger partial charge in [-0.1, -0.05) is 60.7 Å². The fraction of sp³-hybridized carbons (Fsp3) is 0. The molecule has 0 amide bonds. The van der Waals surface area contributed by atoms with Crippen LogP contribution in [0.4, 0.5) is 0 Å². The lowest BCUT2D eigenvalue weighted by atomic mass is 9.97. The van der Waals surface area contributed by atoms with Crippen LogP contribution < -0.4 is 0 Å². The third kappa shape index (κ3) is 4.12. The Morgan fingerprint density at radius 3 is 1.90 bits per heavy atom. The molecule has 0 bridgehead atoms. The predicted octanol–water partition coefficient (Wildman–Crippen LogP) is 8.49. The van der Waals surface area contributed by atoms with Gasteiger partial charge in [0.25, 0.3) is 0 Å². The van der Waals surface area contributed by atoms with Crippen LogP contribution in [0.1, 0.15) is 0 Å². The Morgan fingerprint density at radius 1 is 0.463 bits per heavy atom. The second-order valence-electron chi connectivity index (χ2n) is 10.0. The molecule has 0 saturated heterocycles. The number of hydrogen-bond acceptors (Lipinski definition) is 4. The molecule has 5 heteroatoms. The van der Waals surface area contributed by atoms with E-state index in [9.17, 15) is 0 Å². The van der Waals surface area contributed by atoms with Crippen molar-refractivity contribution < 1.29 is 0 Å². The smallest absolute Gasteiger partial charge is 0.138 e. The van der Waals surface area contributed by atoms with Crippen molar-refractivity contribution in [1.82, 2.24) is 24.3 Å². The second-order valence-corrected chi connectivity index (χ2v) is 10.0. The number of nitrogens with zero attached hydrogens (tertiary/aromatic N) is 5. The van der Waals surface area contributed by atoms with Crippen molar-refractivity contribution in [2.24, 2.45) is 0 Å². The van der Waals surface area contributed by atoms with Gasteiger partial charge in [0.1, 0.15) is 11.3 Å². The molecule has 41 heavy (non-hydrogen) atoms. The first kappa shape index (κ1) is 23.2. The molecule has 0 radical (unpaired) electrons. The quantitative estimate of drug-likeness (QED) is 0.231. The van der Waals surface area contributed by atoms with Gasteiger partial charge >= 0.3 is 0 Å². The minimum Gasteiger partial charge on any atom is -0.299 e. The molecule has 0 N–H and O–H groups in total. The van der Waals surface area contributed by atoms with Crippen LogP contribution in [0, 0.1) is 0 Å². The maximum absolute atomic E-state index is 4.93. The zero-order valence-corrected chi connectivity index (χ0v) is 22.0. The summed E-state index contributed by atoms with van der Waals surface area (Å²) in [6.45, 7) is 0. The minimum absolute atomic E-state index is 0.859. The molecule has 0 aliphatic heterocycles. The van der Waals surface area contributed by atoms with Crippen molar-refractivity contribution in [2.75, 3.05) is 0 Å². The van der Waals surface area contributed by atoms with Crippen LogP contribution in [0.5, 0.6) is 0 Å². The first-order chi connectivity index (χ1) is 20.3. The summed E-state index contributed by atoms with van der Waals surface area (Å²) in [4.78, 5) is 18.9. The highest BCUT2D eigenvalue weighted by Crippen LogP contribution is 2.35. The summed E-state index contributed by atoms with van der Waals surface area (Å²) >= 11 is 0. The SMILES string of the molecule is c1ccc(-c2ccc3ccc(-c4ccc5cc(-c6c(-c7ccccn7)nc7ccccn67)ccc5c4)cc3n2)nc1. The van der Waals surface area contributed by atoms with Crippen LogP contribution in [0.2, 0.25) is 0 Å². The molecule has 0 saturated carbocycles. The zero-order chi connectivity index (χ0) is 27.2. The summed E-state index contributed by atoms with van der Waals surface area (Å²) in [7, 11) is 0. The van der Waals surface area contributed by atoms with Crippen LogP contribution in [0.3, 0.4) is 0 Å². The van der Waals surface area contributed by atoms with Crippen LogP contribution in [-0.4, -0.2) is 24.3 Å². The van der Waals surface area contributed by atoms with Crippen molar-refractivity contribution >= 4 is 27.3 Å². The van der Waals surface area contributed by atoms with Gasteiger partial charge < -0.3 is 0 Å². The third-order valence-electron chi connectivity index (χ3n) is 7.50. The van der Waals surface area contributed by atoms with Gasteiger partial charge in [-0.05, 0) is 82.6 Å². The lowest BCUT2D eigenvalue weighted by Crippen LogP contribution is -1.91. The first-order valence-electron chi connectivity index (χ1n) is 13.6. The molecule has 8 aromatic rings. The average Bonchev–Trinajstić information content (AvgIpc) is 3.44. The van der Waals surface area contributed by atoms with E-state index in [2.05, 4.69) is 81.2 Å². The Hall–Kier alpha value is -5.68. The number of fused-ring (bicyclic) bond motifs is 3. The standard InChI is InChI=1S/C36H23N5/c1-4-18-37-30(7-1)31-17-16-24-10-11-28(23-33(24)39-31)26-12-13-27-22-29(15-14-25(27)21-26)36-35(32-8-2-5-19-38-32)40-34-9-3-6-20-41(34)36/h1-23H. The second kappa shape index (κ2) is 9.50. The molecule has 0 aliphatic rings. The van der Waals surface area contributed by atoms with Crippen LogP contribution >= 0.6 is 0 Å². The summed E-state index contributed by atoms with van der Waals surface area (Å²) in [6.07, 6.45) is 5.67.